The molecule has 182 valence electrons. The van der Waals surface area contributed by atoms with Crippen molar-refractivity contribution in [3.63, 3.8) is 0 Å². The summed E-state index contributed by atoms with van der Waals surface area (Å²) < 4.78 is 28.6. The van der Waals surface area contributed by atoms with Gasteiger partial charge >= 0.3 is 0 Å². The first-order valence-corrected chi connectivity index (χ1v) is 13.3. The summed E-state index contributed by atoms with van der Waals surface area (Å²) in [5, 5.41) is 2.88. The molecule has 2 aliphatic rings. The summed E-state index contributed by atoms with van der Waals surface area (Å²) >= 11 is 0. The Morgan fingerprint density at radius 3 is 2.50 bits per heavy atom. The van der Waals surface area contributed by atoms with Crippen LogP contribution in [0.3, 0.4) is 0 Å². The van der Waals surface area contributed by atoms with Gasteiger partial charge in [0.25, 0.3) is 0 Å². The minimum absolute atomic E-state index is 0.0209. The topological polar surface area (TPSA) is 108 Å². The fourth-order valence-corrected chi connectivity index (χ4v) is 6.13. The molecular weight excluding hydrogens is 452 g/mol. The Morgan fingerprint density at radius 2 is 1.85 bits per heavy atom. The van der Waals surface area contributed by atoms with E-state index in [9.17, 15) is 18.0 Å². The molecule has 1 atom stereocenters. The van der Waals surface area contributed by atoms with Gasteiger partial charge in [0.2, 0.25) is 21.8 Å². The number of fused-ring (bicyclic) bond motifs is 1. The zero-order chi connectivity index (χ0) is 24.5. The van der Waals surface area contributed by atoms with Gasteiger partial charge in [0.1, 0.15) is 5.82 Å². The molecule has 0 spiro atoms. The highest BCUT2D eigenvalue weighted by Gasteiger charge is 2.31. The van der Waals surface area contributed by atoms with Gasteiger partial charge in [-0.1, -0.05) is 6.07 Å². The van der Waals surface area contributed by atoms with Gasteiger partial charge in [-0.25, -0.2) is 18.1 Å². The Balaban J connectivity index is 1.30. The molecule has 1 aromatic heterocycles. The third-order valence-corrected chi connectivity index (χ3v) is 8.28. The van der Waals surface area contributed by atoms with E-state index in [0.29, 0.717) is 18.8 Å². The molecule has 0 bridgehead atoms. The predicted octanol–water partition coefficient (Wildman–Crippen LogP) is 3.41. The molecule has 34 heavy (non-hydrogen) atoms. The van der Waals surface area contributed by atoms with Crippen LogP contribution in [0.2, 0.25) is 0 Å². The van der Waals surface area contributed by atoms with E-state index in [-0.39, 0.29) is 34.6 Å². The number of aryl methyl sites for hydroxylation is 1. The molecule has 1 aliphatic carbocycles. The quantitative estimate of drug-likeness (QED) is 0.653. The van der Waals surface area contributed by atoms with Crippen LogP contribution in [0.5, 0.6) is 0 Å². The second-order valence-corrected chi connectivity index (χ2v) is 11.3. The van der Waals surface area contributed by atoms with Gasteiger partial charge in [0, 0.05) is 37.3 Å². The summed E-state index contributed by atoms with van der Waals surface area (Å²) in [5.74, 6) is 0.597. The molecular formula is C25H32N4O4S. The van der Waals surface area contributed by atoms with Crippen molar-refractivity contribution in [3.05, 3.63) is 47.7 Å². The number of amides is 2. The van der Waals surface area contributed by atoms with E-state index in [1.807, 2.05) is 19.9 Å². The van der Waals surface area contributed by atoms with Gasteiger partial charge in [-0.05, 0) is 87.3 Å². The van der Waals surface area contributed by atoms with Crippen LogP contribution in [0, 0.1) is 18.8 Å². The molecule has 0 radical (unpaired) electrons. The molecule has 1 saturated carbocycles. The maximum absolute atomic E-state index is 12.9. The maximum Gasteiger partial charge on any atom is 0.240 e. The lowest BCUT2D eigenvalue weighted by molar-refractivity contribution is -0.121. The lowest BCUT2D eigenvalue weighted by Crippen LogP contribution is -2.34. The zero-order valence-corrected chi connectivity index (χ0v) is 20.7. The van der Waals surface area contributed by atoms with Crippen LogP contribution in [0.25, 0.3) is 0 Å². The number of sulfonamides is 1. The predicted molar refractivity (Wildman–Crippen MR) is 131 cm³/mol. The molecule has 2 heterocycles. The third kappa shape index (κ3) is 5.31. The van der Waals surface area contributed by atoms with Gasteiger partial charge in [-0.2, -0.15) is 0 Å². The van der Waals surface area contributed by atoms with E-state index in [0.717, 1.165) is 42.5 Å². The molecule has 2 N–H and O–H groups in total. The van der Waals surface area contributed by atoms with Crippen LogP contribution >= 0.6 is 0 Å². The van der Waals surface area contributed by atoms with Crippen LogP contribution in [-0.4, -0.2) is 37.8 Å². The Hall–Kier alpha value is -2.78. The zero-order valence-electron chi connectivity index (χ0n) is 19.9. The third-order valence-electron chi connectivity index (χ3n) is 6.86. The molecule has 1 aliphatic heterocycles. The summed E-state index contributed by atoms with van der Waals surface area (Å²) in [7, 11) is -3.65. The number of pyridine rings is 1. The minimum Gasteiger partial charge on any atom is -0.310 e. The molecule has 4 rings (SSSR count). The number of anilines is 2. The molecule has 0 saturated heterocycles. The molecule has 1 fully saturated rings. The molecule has 1 aromatic carbocycles. The van der Waals surface area contributed by atoms with Crippen molar-refractivity contribution in [2.45, 2.75) is 63.8 Å². The number of hydrogen-bond donors (Lipinski definition) is 2. The summed E-state index contributed by atoms with van der Waals surface area (Å²) in [6.45, 7) is 5.78. The Labute approximate surface area is 201 Å². The van der Waals surface area contributed by atoms with E-state index in [1.165, 1.54) is 6.92 Å². The van der Waals surface area contributed by atoms with Crippen molar-refractivity contribution in [2.75, 3.05) is 16.8 Å². The Kier molecular flexibility index (Phi) is 7.04. The second-order valence-electron chi connectivity index (χ2n) is 9.51. The SMILES string of the molecule is CC(=O)N1c2ccc(S(=O)(=O)NCC3CCC(C(=O)Nc4ccc(C)cn4)CC3)cc2C[C@@H]1C. The Morgan fingerprint density at radius 1 is 1.12 bits per heavy atom. The van der Waals surface area contributed by atoms with Gasteiger partial charge < -0.3 is 10.2 Å². The second kappa shape index (κ2) is 9.84. The summed E-state index contributed by atoms with van der Waals surface area (Å²) in [6.07, 6.45) is 5.39. The summed E-state index contributed by atoms with van der Waals surface area (Å²) in [4.78, 5) is 30.6. The normalized spacial score (nSPS) is 22.3. The van der Waals surface area contributed by atoms with E-state index in [1.54, 1.807) is 35.4 Å². The average molecular weight is 485 g/mol. The van der Waals surface area contributed by atoms with Crippen molar-refractivity contribution in [1.29, 1.82) is 0 Å². The van der Waals surface area contributed by atoms with Crippen molar-refractivity contribution >= 4 is 33.3 Å². The largest absolute Gasteiger partial charge is 0.310 e. The van der Waals surface area contributed by atoms with Crippen LogP contribution in [0.15, 0.2) is 41.4 Å². The van der Waals surface area contributed by atoms with E-state index in [2.05, 4.69) is 15.0 Å². The minimum atomic E-state index is -3.65. The highest BCUT2D eigenvalue weighted by molar-refractivity contribution is 7.89. The molecule has 2 amide bonds. The number of benzene rings is 1. The standard InChI is InChI=1S/C25H32N4O4S/c1-16-4-11-24(26-14-16)28-25(31)20-7-5-19(6-8-20)15-27-34(32,33)22-9-10-23-21(13-22)12-17(2)29(23)18(3)30/h4,9-11,13-14,17,19-20,27H,5-8,12,15H2,1-3H3,(H,26,28,31)/t17-,19?,20?/m0/s1. The monoisotopic (exact) mass is 484 g/mol. The van der Waals surface area contributed by atoms with Gasteiger partial charge in [0.15, 0.2) is 0 Å². The summed E-state index contributed by atoms with van der Waals surface area (Å²) in [6, 6.07) is 8.69. The Bertz CT molecular complexity index is 1170. The van der Waals surface area contributed by atoms with Gasteiger partial charge in [-0.15, -0.1) is 0 Å². The lowest BCUT2D eigenvalue weighted by atomic mass is 9.81. The number of carbonyl (C=O) groups is 2. The molecule has 9 heteroatoms. The van der Waals surface area contributed by atoms with Crippen molar-refractivity contribution < 1.29 is 18.0 Å². The first-order valence-electron chi connectivity index (χ1n) is 11.8. The van der Waals surface area contributed by atoms with Crippen LogP contribution < -0.4 is 14.9 Å². The van der Waals surface area contributed by atoms with E-state index < -0.39 is 10.0 Å². The molecule has 2 aromatic rings. The highest BCUT2D eigenvalue weighted by Crippen LogP contribution is 2.34. The van der Waals surface area contributed by atoms with Crippen LogP contribution in [0.1, 0.15) is 50.7 Å². The molecule has 0 unspecified atom stereocenters. The summed E-state index contributed by atoms with van der Waals surface area (Å²) in [5.41, 5.74) is 2.70. The van der Waals surface area contributed by atoms with Crippen molar-refractivity contribution in [1.82, 2.24) is 9.71 Å². The maximum atomic E-state index is 12.9. The first-order chi connectivity index (χ1) is 16.1. The van der Waals surface area contributed by atoms with Gasteiger partial charge in [-0.3, -0.25) is 9.59 Å². The van der Waals surface area contributed by atoms with Crippen molar-refractivity contribution in [2.24, 2.45) is 11.8 Å². The molecule has 8 nitrogen and oxygen atoms in total. The van der Waals surface area contributed by atoms with Gasteiger partial charge in [0.05, 0.1) is 4.90 Å². The number of carbonyl (C=O) groups excluding carboxylic acids is 2. The number of aromatic nitrogens is 1. The smallest absolute Gasteiger partial charge is 0.240 e. The number of hydrogen-bond acceptors (Lipinski definition) is 5. The fourth-order valence-electron chi connectivity index (χ4n) is 4.96. The lowest BCUT2D eigenvalue weighted by Gasteiger charge is -2.27. The van der Waals surface area contributed by atoms with Crippen LogP contribution in [0.4, 0.5) is 11.5 Å². The highest BCUT2D eigenvalue weighted by atomic mass is 32.2. The van der Waals surface area contributed by atoms with E-state index >= 15 is 0 Å². The number of nitrogens with zero attached hydrogens (tertiary/aromatic N) is 2. The average Bonchev–Trinajstić information content (AvgIpc) is 3.14. The van der Waals surface area contributed by atoms with Crippen molar-refractivity contribution in [3.8, 4) is 0 Å². The first kappa shape index (κ1) is 24.3. The number of rotatable bonds is 6. The fraction of sp³-hybridized carbons (Fsp3) is 0.480. The number of nitrogens with one attached hydrogen (secondary N) is 2. The van der Waals surface area contributed by atoms with Crippen LogP contribution in [-0.2, 0) is 26.0 Å². The van der Waals surface area contributed by atoms with E-state index in [4.69, 9.17) is 0 Å².